The number of ether oxygens (including phenoxy) is 1. The van der Waals surface area contributed by atoms with Gasteiger partial charge in [0.25, 0.3) is 0 Å². The van der Waals surface area contributed by atoms with Crippen molar-refractivity contribution in [1.29, 1.82) is 0 Å². The van der Waals surface area contributed by atoms with Gasteiger partial charge in [0, 0.05) is 13.1 Å². The second-order valence-electron chi connectivity index (χ2n) is 6.24. The Morgan fingerprint density at radius 3 is 2.83 bits per heavy atom. The van der Waals surface area contributed by atoms with Crippen LogP contribution in [0.4, 0.5) is 5.13 Å². The second kappa shape index (κ2) is 6.54. The summed E-state index contributed by atoms with van der Waals surface area (Å²) >= 11 is 0.991. The Kier molecular flexibility index (Phi) is 4.65. The number of morpholine rings is 1. The van der Waals surface area contributed by atoms with Gasteiger partial charge in [0.2, 0.25) is 5.91 Å². The number of amides is 1. The molecule has 2 heterocycles. The molecule has 0 aromatic carbocycles. The van der Waals surface area contributed by atoms with Crippen LogP contribution in [0.15, 0.2) is 0 Å². The van der Waals surface area contributed by atoms with Crippen molar-refractivity contribution in [3.63, 3.8) is 0 Å². The number of carbonyl (C=O) groups is 2. The molecule has 0 atom stereocenters. The summed E-state index contributed by atoms with van der Waals surface area (Å²) in [7, 11) is 0. The molecule has 8 heteroatoms. The Morgan fingerprint density at radius 1 is 1.43 bits per heavy atom. The van der Waals surface area contributed by atoms with Gasteiger partial charge in [-0.1, -0.05) is 24.2 Å². The van der Waals surface area contributed by atoms with E-state index in [-0.39, 0.29) is 22.9 Å². The molecule has 1 spiro atoms. The monoisotopic (exact) mass is 339 g/mol. The maximum absolute atomic E-state index is 12.2. The number of hydrogen-bond donors (Lipinski definition) is 2. The first-order valence-electron chi connectivity index (χ1n) is 7.84. The lowest BCUT2D eigenvalue weighted by Crippen LogP contribution is -2.52. The Hall–Kier alpha value is -1.51. The Balaban J connectivity index is 1.57. The third-order valence-corrected chi connectivity index (χ3v) is 5.51. The summed E-state index contributed by atoms with van der Waals surface area (Å²) in [6.07, 6.45) is 4.52. The number of nitrogens with zero attached hydrogens (tertiary/aromatic N) is 2. The zero-order chi connectivity index (χ0) is 16.4. The summed E-state index contributed by atoms with van der Waals surface area (Å²) in [6.45, 7) is 4.10. The molecule has 23 heavy (non-hydrogen) atoms. The molecule has 1 aliphatic heterocycles. The normalized spacial score (nSPS) is 20.7. The quantitative estimate of drug-likeness (QED) is 0.868. The van der Waals surface area contributed by atoms with Gasteiger partial charge in [-0.05, 0) is 19.8 Å². The van der Waals surface area contributed by atoms with E-state index in [1.165, 1.54) is 12.8 Å². The largest absolute Gasteiger partial charge is 0.477 e. The summed E-state index contributed by atoms with van der Waals surface area (Å²) in [5.41, 5.74) is 0.362. The van der Waals surface area contributed by atoms with E-state index in [1.807, 2.05) is 0 Å². The minimum Gasteiger partial charge on any atom is -0.477 e. The number of carboxylic acid groups (broad SMARTS) is 1. The first kappa shape index (κ1) is 16.4. The molecule has 1 amide bonds. The van der Waals surface area contributed by atoms with Crippen LogP contribution in [0.25, 0.3) is 0 Å². The molecule has 3 rings (SSSR count). The molecular weight excluding hydrogens is 318 g/mol. The van der Waals surface area contributed by atoms with Crippen molar-refractivity contribution in [1.82, 2.24) is 9.88 Å². The molecule has 126 valence electrons. The van der Waals surface area contributed by atoms with E-state index in [9.17, 15) is 9.59 Å². The van der Waals surface area contributed by atoms with Crippen LogP contribution in [0.1, 0.15) is 41.0 Å². The summed E-state index contributed by atoms with van der Waals surface area (Å²) < 4.78 is 5.95. The van der Waals surface area contributed by atoms with Crippen molar-refractivity contribution in [2.45, 2.75) is 38.2 Å². The standard InChI is InChI=1S/C15H21N3O4S/c1-10-12(13(20)21)23-14(16-10)17-11(19)8-18-6-7-22-15(9-18)4-2-3-5-15/h2-9H2,1H3,(H,20,21)(H,16,17,19). The summed E-state index contributed by atoms with van der Waals surface area (Å²) in [6, 6.07) is 0. The van der Waals surface area contributed by atoms with Crippen LogP contribution in [-0.4, -0.2) is 58.7 Å². The van der Waals surface area contributed by atoms with E-state index in [1.54, 1.807) is 6.92 Å². The zero-order valence-corrected chi connectivity index (χ0v) is 13.9. The average Bonchev–Trinajstić information content (AvgIpc) is 3.06. The number of rotatable bonds is 4. The van der Waals surface area contributed by atoms with Crippen LogP contribution in [0.3, 0.4) is 0 Å². The first-order valence-corrected chi connectivity index (χ1v) is 8.66. The minimum absolute atomic E-state index is 0.0627. The fraction of sp³-hybridized carbons (Fsp3) is 0.667. The lowest BCUT2D eigenvalue weighted by atomic mass is 10.00. The molecule has 2 aliphatic rings. The van der Waals surface area contributed by atoms with Gasteiger partial charge in [0.05, 0.1) is 24.4 Å². The first-order chi connectivity index (χ1) is 11.0. The molecule has 7 nitrogen and oxygen atoms in total. The number of thiazole rings is 1. The lowest BCUT2D eigenvalue weighted by Gasteiger charge is -2.40. The van der Waals surface area contributed by atoms with Crippen LogP contribution < -0.4 is 5.32 Å². The zero-order valence-electron chi connectivity index (χ0n) is 13.1. The summed E-state index contributed by atoms with van der Waals surface area (Å²) in [5, 5.41) is 12.1. The SMILES string of the molecule is Cc1nc(NC(=O)CN2CCOC3(CCCC3)C2)sc1C(=O)O. The topological polar surface area (TPSA) is 91.8 Å². The summed E-state index contributed by atoms with van der Waals surface area (Å²) in [4.78, 5) is 29.6. The van der Waals surface area contributed by atoms with Crippen molar-refractivity contribution < 1.29 is 19.4 Å². The highest BCUT2D eigenvalue weighted by Crippen LogP contribution is 2.35. The van der Waals surface area contributed by atoms with Crippen molar-refractivity contribution >= 4 is 28.3 Å². The van der Waals surface area contributed by atoms with Gasteiger partial charge in [-0.15, -0.1) is 0 Å². The van der Waals surface area contributed by atoms with Crippen molar-refractivity contribution in [2.75, 3.05) is 31.6 Å². The number of carbonyl (C=O) groups excluding carboxylic acids is 1. The van der Waals surface area contributed by atoms with Gasteiger partial charge in [-0.25, -0.2) is 9.78 Å². The highest BCUT2D eigenvalue weighted by molar-refractivity contribution is 7.17. The van der Waals surface area contributed by atoms with Gasteiger partial charge >= 0.3 is 5.97 Å². The highest BCUT2D eigenvalue weighted by Gasteiger charge is 2.39. The number of carboxylic acids is 1. The van der Waals surface area contributed by atoms with E-state index in [0.717, 1.165) is 37.3 Å². The van der Waals surface area contributed by atoms with Crippen LogP contribution in [0.2, 0.25) is 0 Å². The van der Waals surface area contributed by atoms with E-state index >= 15 is 0 Å². The minimum atomic E-state index is -1.02. The smallest absolute Gasteiger partial charge is 0.347 e. The van der Waals surface area contributed by atoms with E-state index in [0.29, 0.717) is 17.4 Å². The molecule has 1 aliphatic carbocycles. The Morgan fingerprint density at radius 2 is 2.17 bits per heavy atom. The van der Waals surface area contributed by atoms with Crippen molar-refractivity contribution in [2.24, 2.45) is 0 Å². The molecule has 0 unspecified atom stereocenters. The van der Waals surface area contributed by atoms with Gasteiger partial charge < -0.3 is 15.2 Å². The van der Waals surface area contributed by atoms with Crippen LogP contribution >= 0.6 is 11.3 Å². The Labute approximate surface area is 138 Å². The van der Waals surface area contributed by atoms with Crippen LogP contribution in [0.5, 0.6) is 0 Å². The maximum Gasteiger partial charge on any atom is 0.347 e. The lowest BCUT2D eigenvalue weighted by molar-refractivity contribution is -0.126. The number of aromatic nitrogens is 1. The predicted molar refractivity (Wildman–Crippen MR) is 86.0 cm³/mol. The molecule has 2 N–H and O–H groups in total. The number of nitrogens with one attached hydrogen (secondary N) is 1. The van der Waals surface area contributed by atoms with Crippen molar-refractivity contribution in [3.05, 3.63) is 10.6 Å². The molecule has 1 saturated carbocycles. The van der Waals surface area contributed by atoms with Gasteiger partial charge in [0.1, 0.15) is 4.88 Å². The Bertz CT molecular complexity index is 610. The number of aromatic carboxylic acids is 1. The molecule has 0 radical (unpaired) electrons. The molecule has 1 aromatic heterocycles. The van der Waals surface area contributed by atoms with E-state index in [2.05, 4.69) is 15.2 Å². The molecule has 1 saturated heterocycles. The van der Waals surface area contributed by atoms with Gasteiger partial charge in [0.15, 0.2) is 5.13 Å². The number of hydrogen-bond acceptors (Lipinski definition) is 6. The fourth-order valence-electron chi connectivity index (χ4n) is 3.39. The van der Waals surface area contributed by atoms with Gasteiger partial charge in [-0.2, -0.15) is 0 Å². The fourth-order valence-corrected chi connectivity index (χ4v) is 4.21. The third kappa shape index (κ3) is 3.70. The van der Waals surface area contributed by atoms with Gasteiger partial charge in [-0.3, -0.25) is 9.69 Å². The molecule has 1 aromatic rings. The molecule has 2 fully saturated rings. The van der Waals surface area contributed by atoms with Crippen LogP contribution in [-0.2, 0) is 9.53 Å². The molecular formula is C15H21N3O4S. The number of anilines is 1. The van der Waals surface area contributed by atoms with E-state index in [4.69, 9.17) is 9.84 Å². The van der Waals surface area contributed by atoms with E-state index < -0.39 is 5.97 Å². The second-order valence-corrected chi connectivity index (χ2v) is 7.24. The highest BCUT2D eigenvalue weighted by atomic mass is 32.1. The number of aryl methyl sites for hydroxylation is 1. The third-order valence-electron chi connectivity index (χ3n) is 4.45. The van der Waals surface area contributed by atoms with Crippen molar-refractivity contribution in [3.8, 4) is 0 Å². The average molecular weight is 339 g/mol. The van der Waals surface area contributed by atoms with Crippen LogP contribution in [0, 0.1) is 6.92 Å². The maximum atomic E-state index is 12.2. The summed E-state index contributed by atoms with van der Waals surface area (Å²) in [5.74, 6) is -1.18. The molecule has 0 bridgehead atoms. The predicted octanol–water partition coefficient (Wildman–Crippen LogP) is 1.73.